The molecule has 18 heavy (non-hydrogen) atoms. The van der Waals surface area contributed by atoms with Gasteiger partial charge in [-0.05, 0) is 25.1 Å². The zero-order valence-electron chi connectivity index (χ0n) is 10.2. The van der Waals surface area contributed by atoms with Gasteiger partial charge in [0.1, 0.15) is 0 Å². The second kappa shape index (κ2) is 4.80. The summed E-state index contributed by atoms with van der Waals surface area (Å²) in [7, 11) is 0. The normalized spacial score (nSPS) is 11.7. The van der Waals surface area contributed by atoms with Crippen LogP contribution in [0.5, 0.6) is 0 Å². The molecule has 0 unspecified atom stereocenters. The molecule has 0 aliphatic heterocycles. The maximum absolute atomic E-state index is 9.31. The van der Waals surface area contributed by atoms with Gasteiger partial charge >= 0.3 is 0 Å². The minimum Gasteiger partial charge on any atom is -0.398 e. The van der Waals surface area contributed by atoms with Crippen LogP contribution in [0.15, 0.2) is 30.6 Å². The second-order valence-electron chi connectivity index (χ2n) is 4.63. The molecule has 2 aromatic rings. The van der Waals surface area contributed by atoms with Gasteiger partial charge in [0.05, 0.1) is 18.8 Å². The summed E-state index contributed by atoms with van der Waals surface area (Å²) >= 11 is 0. The Morgan fingerprint density at radius 2 is 1.94 bits per heavy atom. The molecule has 1 aromatic carbocycles. The smallest absolute Gasteiger partial charge is 0.0806 e. The Hall–Kier alpha value is -1.85. The first kappa shape index (κ1) is 12.6. The van der Waals surface area contributed by atoms with Crippen LogP contribution in [-0.4, -0.2) is 33.9 Å². The summed E-state index contributed by atoms with van der Waals surface area (Å²) in [6, 6.07) is 5.46. The van der Waals surface area contributed by atoms with Crippen molar-refractivity contribution in [1.82, 2.24) is 4.98 Å². The minimum absolute atomic E-state index is 0.166. The molecule has 96 valence electrons. The lowest BCUT2D eigenvalue weighted by molar-refractivity contribution is 0.147. The molecule has 5 N–H and O–H groups in total. The van der Waals surface area contributed by atoms with Crippen LogP contribution in [0.25, 0.3) is 10.8 Å². The highest BCUT2D eigenvalue weighted by Gasteiger charge is 2.22. The highest BCUT2D eigenvalue weighted by molar-refractivity contribution is 6.00. The first-order valence-electron chi connectivity index (χ1n) is 5.72. The minimum atomic E-state index is -0.772. The zero-order valence-corrected chi connectivity index (χ0v) is 10.2. The molecule has 0 radical (unpaired) electrons. The number of pyridine rings is 1. The summed E-state index contributed by atoms with van der Waals surface area (Å²) in [5.41, 5.74) is 6.58. The quantitative estimate of drug-likeness (QED) is 0.604. The van der Waals surface area contributed by atoms with Crippen LogP contribution >= 0.6 is 0 Å². The lowest BCUT2D eigenvalue weighted by Gasteiger charge is -2.28. The average Bonchev–Trinajstić information content (AvgIpc) is 2.42. The van der Waals surface area contributed by atoms with E-state index in [1.54, 1.807) is 25.4 Å². The van der Waals surface area contributed by atoms with E-state index >= 15 is 0 Å². The molecule has 0 aliphatic carbocycles. The van der Waals surface area contributed by atoms with Gasteiger partial charge in [-0.1, -0.05) is 0 Å². The fourth-order valence-electron chi connectivity index (χ4n) is 1.78. The van der Waals surface area contributed by atoms with E-state index in [0.29, 0.717) is 5.69 Å². The van der Waals surface area contributed by atoms with E-state index in [-0.39, 0.29) is 13.2 Å². The summed E-state index contributed by atoms with van der Waals surface area (Å²) in [6.45, 7) is 1.41. The number of fused-ring (bicyclic) bond motifs is 1. The molecule has 5 nitrogen and oxygen atoms in total. The van der Waals surface area contributed by atoms with Crippen molar-refractivity contribution >= 4 is 22.1 Å². The van der Waals surface area contributed by atoms with Crippen molar-refractivity contribution in [3.8, 4) is 0 Å². The van der Waals surface area contributed by atoms with Gasteiger partial charge in [0.15, 0.2) is 0 Å². The van der Waals surface area contributed by atoms with E-state index < -0.39 is 5.54 Å². The number of hydrogen-bond acceptors (Lipinski definition) is 5. The average molecular weight is 247 g/mol. The van der Waals surface area contributed by atoms with E-state index in [2.05, 4.69) is 10.3 Å². The van der Waals surface area contributed by atoms with Gasteiger partial charge < -0.3 is 21.3 Å². The SMILES string of the molecule is CC(CO)(CO)Nc1ccc(N)c2cnccc12. The molecule has 0 atom stereocenters. The van der Waals surface area contributed by atoms with Crippen molar-refractivity contribution in [1.29, 1.82) is 0 Å². The van der Waals surface area contributed by atoms with Crippen LogP contribution in [0.2, 0.25) is 0 Å². The number of anilines is 2. The Balaban J connectivity index is 2.49. The molecule has 0 saturated carbocycles. The van der Waals surface area contributed by atoms with Crippen LogP contribution in [0.4, 0.5) is 11.4 Å². The summed E-state index contributed by atoms with van der Waals surface area (Å²) in [5, 5.41) is 23.5. The number of nitrogens with zero attached hydrogens (tertiary/aromatic N) is 1. The van der Waals surface area contributed by atoms with E-state index in [1.807, 2.05) is 12.1 Å². The highest BCUT2D eigenvalue weighted by Crippen LogP contribution is 2.29. The van der Waals surface area contributed by atoms with E-state index in [1.165, 1.54) is 0 Å². The highest BCUT2D eigenvalue weighted by atomic mass is 16.3. The molecule has 0 aliphatic rings. The number of nitrogens with one attached hydrogen (secondary N) is 1. The predicted molar refractivity (Wildman–Crippen MR) is 72.4 cm³/mol. The van der Waals surface area contributed by atoms with Crippen molar-refractivity contribution in [2.75, 3.05) is 24.3 Å². The van der Waals surface area contributed by atoms with Gasteiger partial charge in [-0.25, -0.2) is 0 Å². The van der Waals surface area contributed by atoms with Crippen molar-refractivity contribution in [3.63, 3.8) is 0 Å². The Kier molecular flexibility index (Phi) is 3.36. The van der Waals surface area contributed by atoms with Gasteiger partial charge in [0, 0.05) is 34.5 Å². The number of hydrogen-bond donors (Lipinski definition) is 4. The summed E-state index contributed by atoms with van der Waals surface area (Å²) in [5.74, 6) is 0. The van der Waals surface area contributed by atoms with Gasteiger partial charge in [-0.2, -0.15) is 0 Å². The third kappa shape index (κ3) is 2.23. The van der Waals surface area contributed by atoms with Gasteiger partial charge in [0.25, 0.3) is 0 Å². The molecule has 5 heteroatoms. The van der Waals surface area contributed by atoms with Crippen molar-refractivity contribution in [2.45, 2.75) is 12.5 Å². The van der Waals surface area contributed by atoms with Crippen LogP contribution in [0.3, 0.4) is 0 Å². The van der Waals surface area contributed by atoms with Crippen molar-refractivity contribution < 1.29 is 10.2 Å². The topological polar surface area (TPSA) is 91.4 Å². The van der Waals surface area contributed by atoms with E-state index in [0.717, 1.165) is 16.5 Å². The molecule has 0 amide bonds. The lowest BCUT2D eigenvalue weighted by Crippen LogP contribution is -2.42. The maximum atomic E-state index is 9.31. The second-order valence-corrected chi connectivity index (χ2v) is 4.63. The molecule has 2 rings (SSSR count). The molecule has 0 spiro atoms. The Morgan fingerprint density at radius 1 is 1.22 bits per heavy atom. The number of rotatable bonds is 4. The van der Waals surface area contributed by atoms with Gasteiger partial charge in [0.2, 0.25) is 0 Å². The lowest BCUT2D eigenvalue weighted by atomic mass is 10.0. The molecule has 1 aromatic heterocycles. The number of nitrogen functional groups attached to an aromatic ring is 1. The van der Waals surface area contributed by atoms with Crippen LogP contribution in [0.1, 0.15) is 6.92 Å². The Labute approximate surface area is 105 Å². The molecule has 0 saturated heterocycles. The number of aliphatic hydroxyl groups is 2. The number of aliphatic hydroxyl groups excluding tert-OH is 2. The Bertz CT molecular complexity index is 553. The standard InChI is InChI=1S/C13H17N3O2/c1-13(7-17,8-18)16-12-3-2-11(14)10-6-15-5-4-9(10)12/h2-6,16-18H,7-8,14H2,1H3. The third-order valence-corrected chi connectivity index (χ3v) is 2.99. The van der Waals surface area contributed by atoms with E-state index in [4.69, 9.17) is 5.73 Å². The fraction of sp³-hybridized carbons (Fsp3) is 0.308. The largest absolute Gasteiger partial charge is 0.398 e. The van der Waals surface area contributed by atoms with Crippen molar-refractivity contribution in [3.05, 3.63) is 30.6 Å². The molecular weight excluding hydrogens is 230 g/mol. The molecule has 1 heterocycles. The predicted octanol–water partition coefficient (Wildman–Crippen LogP) is 0.972. The third-order valence-electron chi connectivity index (χ3n) is 2.99. The summed E-state index contributed by atoms with van der Waals surface area (Å²) < 4.78 is 0. The van der Waals surface area contributed by atoms with Crippen LogP contribution in [0, 0.1) is 0 Å². The van der Waals surface area contributed by atoms with Gasteiger partial charge in [-0.15, -0.1) is 0 Å². The molecule has 0 bridgehead atoms. The molecule has 0 fully saturated rings. The number of benzene rings is 1. The van der Waals surface area contributed by atoms with E-state index in [9.17, 15) is 10.2 Å². The van der Waals surface area contributed by atoms with Crippen molar-refractivity contribution in [2.24, 2.45) is 0 Å². The Morgan fingerprint density at radius 3 is 2.61 bits per heavy atom. The first-order chi connectivity index (χ1) is 8.59. The number of aromatic nitrogens is 1. The summed E-state index contributed by atoms with van der Waals surface area (Å²) in [4.78, 5) is 4.05. The monoisotopic (exact) mass is 247 g/mol. The maximum Gasteiger partial charge on any atom is 0.0806 e. The number of nitrogens with two attached hydrogens (primary N) is 1. The fourth-order valence-corrected chi connectivity index (χ4v) is 1.78. The van der Waals surface area contributed by atoms with Crippen LogP contribution in [-0.2, 0) is 0 Å². The zero-order chi connectivity index (χ0) is 13.2. The first-order valence-corrected chi connectivity index (χ1v) is 5.72. The summed E-state index contributed by atoms with van der Waals surface area (Å²) in [6.07, 6.45) is 3.38. The van der Waals surface area contributed by atoms with Crippen LogP contribution < -0.4 is 11.1 Å². The van der Waals surface area contributed by atoms with Gasteiger partial charge in [-0.3, -0.25) is 4.98 Å². The molecular formula is C13H17N3O2.